The third-order valence-electron chi connectivity index (χ3n) is 4.23. The van der Waals surface area contributed by atoms with Gasteiger partial charge in [0.05, 0.1) is 12.2 Å². The molecule has 0 amide bonds. The maximum Gasteiger partial charge on any atom is 0.338 e. The van der Waals surface area contributed by atoms with E-state index < -0.39 is 0 Å². The zero-order valence-corrected chi connectivity index (χ0v) is 13.9. The number of fused-ring (bicyclic) bond motifs is 1. The van der Waals surface area contributed by atoms with Crippen LogP contribution in [0.3, 0.4) is 0 Å². The lowest BCUT2D eigenvalue weighted by molar-refractivity contribution is -0.134. The molecule has 1 unspecified atom stereocenters. The minimum atomic E-state index is -0.320. The first-order valence-corrected chi connectivity index (χ1v) is 8.16. The standard InChI is InChI=1S/C20H20O4/c1-3-23-20(22)15-7-5-14(6-8-15)16-9-11-19(21)24-18-10-4-13(2)12-17(16)18/h4-8,10,12,16H,3,9,11H2,1-2H3. The van der Waals surface area contributed by atoms with E-state index in [1.54, 1.807) is 19.1 Å². The molecule has 1 atom stereocenters. The Labute approximate surface area is 141 Å². The van der Waals surface area contributed by atoms with Crippen molar-refractivity contribution in [2.45, 2.75) is 32.6 Å². The molecule has 4 nitrogen and oxygen atoms in total. The molecular weight excluding hydrogens is 304 g/mol. The van der Waals surface area contributed by atoms with Crippen LogP contribution in [-0.2, 0) is 9.53 Å². The Balaban J connectivity index is 1.95. The van der Waals surface area contributed by atoms with Crippen molar-refractivity contribution in [2.24, 2.45) is 0 Å². The van der Waals surface area contributed by atoms with Crippen LogP contribution >= 0.6 is 0 Å². The second-order valence-corrected chi connectivity index (χ2v) is 5.95. The average molecular weight is 324 g/mol. The second-order valence-electron chi connectivity index (χ2n) is 5.95. The molecular formula is C20H20O4. The van der Waals surface area contributed by atoms with Crippen LogP contribution in [-0.4, -0.2) is 18.5 Å². The first-order chi connectivity index (χ1) is 11.6. The fourth-order valence-corrected chi connectivity index (χ4v) is 3.04. The summed E-state index contributed by atoms with van der Waals surface area (Å²) in [5.74, 6) is 0.176. The summed E-state index contributed by atoms with van der Waals surface area (Å²) >= 11 is 0. The van der Waals surface area contributed by atoms with Crippen molar-refractivity contribution in [3.63, 3.8) is 0 Å². The Morgan fingerprint density at radius 1 is 1.21 bits per heavy atom. The Kier molecular flexibility index (Phi) is 4.65. The summed E-state index contributed by atoms with van der Waals surface area (Å²) in [7, 11) is 0. The van der Waals surface area contributed by atoms with E-state index in [0.717, 1.165) is 16.7 Å². The molecule has 0 saturated heterocycles. The summed E-state index contributed by atoms with van der Waals surface area (Å²) < 4.78 is 10.5. The van der Waals surface area contributed by atoms with Crippen LogP contribution in [0.1, 0.15) is 52.7 Å². The number of aryl methyl sites for hydroxylation is 1. The first-order valence-electron chi connectivity index (χ1n) is 8.16. The van der Waals surface area contributed by atoms with Gasteiger partial charge in [0.15, 0.2) is 0 Å². The third kappa shape index (κ3) is 3.32. The average Bonchev–Trinajstić information content (AvgIpc) is 2.73. The molecule has 124 valence electrons. The molecule has 2 aromatic carbocycles. The van der Waals surface area contributed by atoms with Crippen molar-refractivity contribution in [1.82, 2.24) is 0 Å². The maximum absolute atomic E-state index is 11.8. The number of carbonyl (C=O) groups excluding carboxylic acids is 2. The highest BCUT2D eigenvalue weighted by Gasteiger charge is 2.25. The van der Waals surface area contributed by atoms with Crippen LogP contribution in [0.15, 0.2) is 42.5 Å². The predicted molar refractivity (Wildman–Crippen MR) is 90.3 cm³/mol. The second kappa shape index (κ2) is 6.87. The lowest BCUT2D eigenvalue weighted by Crippen LogP contribution is -2.06. The molecule has 2 aromatic rings. The van der Waals surface area contributed by atoms with E-state index in [-0.39, 0.29) is 17.9 Å². The van der Waals surface area contributed by atoms with Gasteiger partial charge in [-0.3, -0.25) is 4.79 Å². The predicted octanol–water partition coefficient (Wildman–Crippen LogP) is 4.00. The molecule has 0 radical (unpaired) electrons. The van der Waals surface area contributed by atoms with Gasteiger partial charge in [0, 0.05) is 17.9 Å². The number of hydrogen-bond acceptors (Lipinski definition) is 4. The molecule has 0 saturated carbocycles. The lowest BCUT2D eigenvalue weighted by atomic mass is 9.86. The van der Waals surface area contributed by atoms with Crippen molar-refractivity contribution in [1.29, 1.82) is 0 Å². The highest BCUT2D eigenvalue weighted by molar-refractivity contribution is 5.89. The van der Waals surface area contributed by atoms with Crippen LogP contribution in [0.2, 0.25) is 0 Å². The zero-order valence-electron chi connectivity index (χ0n) is 13.9. The topological polar surface area (TPSA) is 52.6 Å². The van der Waals surface area contributed by atoms with E-state index in [0.29, 0.717) is 30.8 Å². The van der Waals surface area contributed by atoms with Gasteiger partial charge in [-0.2, -0.15) is 0 Å². The van der Waals surface area contributed by atoms with Gasteiger partial charge in [-0.25, -0.2) is 4.79 Å². The maximum atomic E-state index is 11.8. The van der Waals surface area contributed by atoms with Crippen LogP contribution < -0.4 is 4.74 Å². The minimum absolute atomic E-state index is 0.0718. The van der Waals surface area contributed by atoms with Crippen molar-refractivity contribution in [3.05, 3.63) is 64.7 Å². The largest absolute Gasteiger partial charge is 0.462 e. The van der Waals surface area contributed by atoms with Gasteiger partial charge >= 0.3 is 11.9 Å². The molecule has 0 aromatic heterocycles. The van der Waals surface area contributed by atoms with Gasteiger partial charge in [0.2, 0.25) is 0 Å². The van der Waals surface area contributed by atoms with Crippen LogP contribution in [0.4, 0.5) is 0 Å². The van der Waals surface area contributed by atoms with Gasteiger partial charge in [-0.05, 0) is 44.0 Å². The van der Waals surface area contributed by atoms with Gasteiger partial charge in [0.25, 0.3) is 0 Å². The molecule has 1 aliphatic rings. The Morgan fingerprint density at radius 2 is 1.96 bits per heavy atom. The van der Waals surface area contributed by atoms with E-state index in [4.69, 9.17) is 9.47 Å². The van der Waals surface area contributed by atoms with Gasteiger partial charge < -0.3 is 9.47 Å². The van der Waals surface area contributed by atoms with Crippen molar-refractivity contribution in [2.75, 3.05) is 6.61 Å². The fourth-order valence-electron chi connectivity index (χ4n) is 3.04. The molecule has 0 N–H and O–H groups in total. The number of ether oxygens (including phenoxy) is 2. The van der Waals surface area contributed by atoms with Gasteiger partial charge in [-0.15, -0.1) is 0 Å². The first kappa shape index (κ1) is 16.2. The Morgan fingerprint density at radius 3 is 2.67 bits per heavy atom. The lowest BCUT2D eigenvalue weighted by Gasteiger charge is -2.17. The molecule has 0 aliphatic carbocycles. The van der Waals surface area contributed by atoms with E-state index in [9.17, 15) is 9.59 Å². The van der Waals surface area contributed by atoms with E-state index >= 15 is 0 Å². The van der Waals surface area contributed by atoms with Crippen LogP contribution in [0.5, 0.6) is 5.75 Å². The quantitative estimate of drug-likeness (QED) is 0.632. The van der Waals surface area contributed by atoms with Gasteiger partial charge in [-0.1, -0.05) is 29.8 Å². The normalized spacial score (nSPS) is 16.8. The molecule has 4 heteroatoms. The number of hydrogen-bond donors (Lipinski definition) is 0. The molecule has 3 rings (SSSR count). The summed E-state index contributed by atoms with van der Waals surface area (Å²) in [6.07, 6.45) is 1.06. The molecule has 1 aliphatic heterocycles. The number of benzene rings is 2. The summed E-state index contributed by atoms with van der Waals surface area (Å²) in [5, 5.41) is 0. The van der Waals surface area contributed by atoms with Gasteiger partial charge in [0.1, 0.15) is 5.75 Å². The van der Waals surface area contributed by atoms with Crippen molar-refractivity contribution in [3.8, 4) is 5.75 Å². The van der Waals surface area contributed by atoms with E-state index in [2.05, 4.69) is 6.07 Å². The summed E-state index contributed by atoms with van der Waals surface area (Å²) in [5.41, 5.74) is 3.74. The molecule has 0 fully saturated rings. The van der Waals surface area contributed by atoms with E-state index in [1.165, 1.54) is 0 Å². The number of rotatable bonds is 3. The van der Waals surface area contributed by atoms with E-state index in [1.807, 2.05) is 31.2 Å². The Hall–Kier alpha value is -2.62. The monoisotopic (exact) mass is 324 g/mol. The Bertz CT molecular complexity index is 762. The molecule has 0 spiro atoms. The van der Waals surface area contributed by atoms with Crippen molar-refractivity contribution < 1.29 is 19.1 Å². The summed E-state index contributed by atoms with van der Waals surface area (Å²) in [6, 6.07) is 13.3. The highest BCUT2D eigenvalue weighted by atomic mass is 16.5. The van der Waals surface area contributed by atoms with Crippen LogP contribution in [0, 0.1) is 6.92 Å². The van der Waals surface area contributed by atoms with Crippen LogP contribution in [0.25, 0.3) is 0 Å². The summed E-state index contributed by atoms with van der Waals surface area (Å²) in [4.78, 5) is 23.6. The fraction of sp³-hybridized carbons (Fsp3) is 0.300. The number of esters is 2. The third-order valence-corrected chi connectivity index (χ3v) is 4.23. The molecule has 24 heavy (non-hydrogen) atoms. The highest BCUT2D eigenvalue weighted by Crippen LogP contribution is 2.38. The van der Waals surface area contributed by atoms with Crippen molar-refractivity contribution >= 4 is 11.9 Å². The SMILES string of the molecule is CCOC(=O)c1ccc(C2CCC(=O)Oc3ccc(C)cc32)cc1. The summed E-state index contributed by atoms with van der Waals surface area (Å²) in [6.45, 7) is 4.16. The smallest absolute Gasteiger partial charge is 0.338 e. The number of carbonyl (C=O) groups is 2. The molecule has 1 heterocycles. The molecule has 0 bridgehead atoms. The minimum Gasteiger partial charge on any atom is -0.462 e. The zero-order chi connectivity index (χ0) is 17.1.